The first kappa shape index (κ1) is 15.2. The Kier molecular flexibility index (Phi) is 3.63. The van der Waals surface area contributed by atoms with Crippen molar-refractivity contribution in [1.29, 1.82) is 0 Å². The third-order valence-electron chi connectivity index (χ3n) is 3.34. The lowest BCUT2D eigenvalue weighted by Crippen LogP contribution is -2.03. The fourth-order valence-electron chi connectivity index (χ4n) is 2.23. The van der Waals surface area contributed by atoms with Crippen molar-refractivity contribution >= 4 is 17.2 Å². The minimum atomic E-state index is -4.40. The van der Waals surface area contributed by atoms with Gasteiger partial charge in [-0.3, -0.25) is 4.40 Å². The van der Waals surface area contributed by atoms with Crippen molar-refractivity contribution in [2.45, 2.75) is 20.0 Å². The summed E-state index contributed by atoms with van der Waals surface area (Å²) < 4.78 is 39.9. The number of benzene rings is 1. The summed E-state index contributed by atoms with van der Waals surface area (Å²) in [5.74, 6) is 0.501. The van der Waals surface area contributed by atoms with Crippen LogP contribution in [0.15, 0.2) is 52.8 Å². The van der Waals surface area contributed by atoms with Crippen LogP contribution in [0.4, 0.5) is 24.7 Å². The van der Waals surface area contributed by atoms with E-state index in [0.29, 0.717) is 17.2 Å². The molecule has 0 saturated carbocycles. The second kappa shape index (κ2) is 5.49. The Balaban J connectivity index is 2.01. The van der Waals surface area contributed by atoms with Crippen molar-refractivity contribution in [3.63, 3.8) is 0 Å². The predicted molar refractivity (Wildman–Crippen MR) is 80.3 cm³/mol. The number of hydrogen-bond acceptors (Lipinski definition) is 3. The van der Waals surface area contributed by atoms with Gasteiger partial charge in [0.2, 0.25) is 0 Å². The molecule has 7 heteroatoms. The molecule has 0 aliphatic heterocycles. The summed E-state index contributed by atoms with van der Waals surface area (Å²) in [6, 6.07) is 8.53. The Morgan fingerprint density at radius 1 is 1.04 bits per heavy atom. The minimum Gasteiger partial charge on any atom is -0.283 e. The number of azo groups is 1. The number of alkyl halides is 3. The number of fused-ring (bicyclic) bond motifs is 1. The number of aryl methyl sites for hydroxylation is 2. The van der Waals surface area contributed by atoms with Gasteiger partial charge in [-0.05, 0) is 43.7 Å². The summed E-state index contributed by atoms with van der Waals surface area (Å²) in [6.45, 7) is 3.71. The van der Waals surface area contributed by atoms with E-state index >= 15 is 0 Å². The van der Waals surface area contributed by atoms with Gasteiger partial charge in [0.05, 0.1) is 16.9 Å². The van der Waals surface area contributed by atoms with Gasteiger partial charge in [0.15, 0.2) is 5.82 Å². The van der Waals surface area contributed by atoms with Crippen LogP contribution in [0.25, 0.3) is 5.65 Å². The zero-order valence-corrected chi connectivity index (χ0v) is 12.5. The molecule has 0 unspecified atom stereocenters. The van der Waals surface area contributed by atoms with Crippen molar-refractivity contribution in [2.24, 2.45) is 10.2 Å². The Hall–Kier alpha value is -2.70. The predicted octanol–water partition coefficient (Wildman–Crippen LogP) is 5.39. The average Bonchev–Trinajstić information content (AvgIpc) is 2.79. The highest BCUT2D eigenvalue weighted by Gasteiger charge is 2.30. The van der Waals surface area contributed by atoms with Gasteiger partial charge in [0.1, 0.15) is 5.65 Å². The summed E-state index contributed by atoms with van der Waals surface area (Å²) >= 11 is 0. The molecule has 3 aromatic rings. The van der Waals surface area contributed by atoms with Gasteiger partial charge < -0.3 is 0 Å². The number of nitrogens with zero attached hydrogens (tertiary/aromatic N) is 4. The molecule has 2 heterocycles. The fraction of sp³-hybridized carbons (Fsp3) is 0.188. The number of imidazole rings is 1. The van der Waals surface area contributed by atoms with Gasteiger partial charge in [-0.15, -0.1) is 10.2 Å². The van der Waals surface area contributed by atoms with Crippen molar-refractivity contribution in [2.75, 3.05) is 0 Å². The van der Waals surface area contributed by atoms with Crippen molar-refractivity contribution in [1.82, 2.24) is 9.38 Å². The largest absolute Gasteiger partial charge is 0.416 e. The van der Waals surface area contributed by atoms with E-state index in [1.54, 1.807) is 11.3 Å². The first-order valence-electron chi connectivity index (χ1n) is 6.89. The monoisotopic (exact) mass is 318 g/mol. The molecular weight excluding hydrogens is 305 g/mol. The number of halogens is 3. The lowest BCUT2D eigenvalue weighted by molar-refractivity contribution is -0.137. The maximum absolute atomic E-state index is 12.7. The third kappa shape index (κ3) is 3.08. The molecule has 23 heavy (non-hydrogen) atoms. The first-order valence-corrected chi connectivity index (χ1v) is 6.89. The summed E-state index contributed by atoms with van der Waals surface area (Å²) in [4.78, 5) is 4.35. The van der Waals surface area contributed by atoms with Crippen LogP contribution in [0.1, 0.15) is 16.8 Å². The number of aromatic nitrogens is 2. The van der Waals surface area contributed by atoms with Crippen LogP contribution >= 0.6 is 0 Å². The normalized spacial score (nSPS) is 12.4. The van der Waals surface area contributed by atoms with E-state index in [-0.39, 0.29) is 5.69 Å². The molecule has 0 spiro atoms. The van der Waals surface area contributed by atoms with E-state index < -0.39 is 11.7 Å². The Labute approximate surface area is 130 Å². The summed E-state index contributed by atoms with van der Waals surface area (Å²) in [5, 5.41) is 8.01. The Morgan fingerprint density at radius 3 is 2.57 bits per heavy atom. The van der Waals surface area contributed by atoms with Crippen LogP contribution in [-0.4, -0.2) is 9.38 Å². The van der Waals surface area contributed by atoms with Crippen LogP contribution in [0.5, 0.6) is 0 Å². The van der Waals surface area contributed by atoms with Crippen LogP contribution < -0.4 is 0 Å². The van der Waals surface area contributed by atoms with E-state index in [1.807, 2.05) is 25.3 Å². The highest BCUT2D eigenvalue weighted by Crippen LogP contribution is 2.32. The highest BCUT2D eigenvalue weighted by atomic mass is 19.4. The van der Waals surface area contributed by atoms with Crippen molar-refractivity contribution < 1.29 is 13.2 Å². The Morgan fingerprint density at radius 2 is 1.83 bits per heavy atom. The average molecular weight is 318 g/mol. The fourth-order valence-corrected chi connectivity index (χ4v) is 2.23. The molecule has 1 aromatic carbocycles. The molecule has 0 fully saturated rings. The van der Waals surface area contributed by atoms with Crippen LogP contribution in [0, 0.1) is 13.8 Å². The van der Waals surface area contributed by atoms with Crippen molar-refractivity contribution in [3.8, 4) is 0 Å². The van der Waals surface area contributed by atoms with Crippen LogP contribution in [-0.2, 0) is 6.18 Å². The highest BCUT2D eigenvalue weighted by molar-refractivity contribution is 5.52. The lowest BCUT2D eigenvalue weighted by atomic mass is 10.2. The number of rotatable bonds is 2. The molecule has 0 amide bonds. The summed E-state index contributed by atoms with van der Waals surface area (Å²) in [7, 11) is 0. The van der Waals surface area contributed by atoms with E-state index in [2.05, 4.69) is 15.2 Å². The molecule has 0 aliphatic carbocycles. The van der Waals surface area contributed by atoms with Gasteiger partial charge in [-0.2, -0.15) is 13.2 Å². The summed E-state index contributed by atoms with van der Waals surface area (Å²) in [6.07, 6.45) is -2.54. The molecular formula is C16H13F3N4. The molecule has 0 atom stereocenters. The van der Waals surface area contributed by atoms with Crippen LogP contribution in [0.3, 0.4) is 0 Å². The smallest absolute Gasteiger partial charge is 0.283 e. The SMILES string of the molecule is Cc1ccc2nc(C)c(N=Nc3cccc(C(F)(F)F)c3)n2c1. The van der Waals surface area contributed by atoms with Gasteiger partial charge in [-0.1, -0.05) is 12.1 Å². The van der Waals surface area contributed by atoms with Gasteiger partial charge >= 0.3 is 6.18 Å². The molecule has 2 aromatic heterocycles. The maximum Gasteiger partial charge on any atom is 0.416 e. The standard InChI is InChI=1S/C16H13F3N4/c1-10-6-7-14-20-11(2)15(23(14)9-10)22-21-13-5-3-4-12(8-13)16(17,18)19/h3-9H,1-2H3. The summed E-state index contributed by atoms with van der Waals surface area (Å²) in [5.41, 5.74) is 1.78. The first-order chi connectivity index (χ1) is 10.8. The van der Waals surface area contributed by atoms with Crippen molar-refractivity contribution in [3.05, 3.63) is 59.4 Å². The Bertz CT molecular complexity index is 894. The maximum atomic E-state index is 12.7. The van der Waals surface area contributed by atoms with Gasteiger partial charge in [0, 0.05) is 6.20 Å². The quantitative estimate of drug-likeness (QED) is 0.584. The zero-order chi connectivity index (χ0) is 16.6. The van der Waals surface area contributed by atoms with Gasteiger partial charge in [0.25, 0.3) is 0 Å². The third-order valence-corrected chi connectivity index (χ3v) is 3.34. The molecule has 3 rings (SSSR count). The van der Waals surface area contributed by atoms with Gasteiger partial charge in [-0.25, -0.2) is 4.98 Å². The molecule has 0 bridgehead atoms. The molecule has 4 nitrogen and oxygen atoms in total. The molecule has 0 radical (unpaired) electrons. The topological polar surface area (TPSA) is 42.0 Å². The number of hydrogen-bond donors (Lipinski definition) is 0. The van der Waals surface area contributed by atoms with E-state index in [4.69, 9.17) is 0 Å². The molecule has 0 N–H and O–H groups in total. The second-order valence-electron chi connectivity index (χ2n) is 5.20. The number of pyridine rings is 1. The van der Waals surface area contributed by atoms with E-state index in [0.717, 1.165) is 17.7 Å². The zero-order valence-electron chi connectivity index (χ0n) is 12.5. The lowest BCUT2D eigenvalue weighted by Gasteiger charge is -2.06. The minimum absolute atomic E-state index is 0.141. The molecule has 0 aliphatic rings. The van der Waals surface area contributed by atoms with Crippen LogP contribution in [0.2, 0.25) is 0 Å². The second-order valence-corrected chi connectivity index (χ2v) is 5.20. The van der Waals surface area contributed by atoms with E-state index in [1.165, 1.54) is 12.1 Å². The van der Waals surface area contributed by atoms with E-state index in [9.17, 15) is 13.2 Å². The molecule has 0 saturated heterocycles. The molecule has 118 valence electrons.